The van der Waals surface area contributed by atoms with E-state index in [1.54, 1.807) is 30.3 Å². The zero-order chi connectivity index (χ0) is 38.7. The molecule has 1 aromatic rings. The lowest BCUT2D eigenvalue weighted by Crippen LogP contribution is -2.67. The van der Waals surface area contributed by atoms with Crippen LogP contribution in [-0.2, 0) is 92.3 Å². The summed E-state index contributed by atoms with van der Waals surface area (Å²) >= 11 is 0. The van der Waals surface area contributed by atoms with Gasteiger partial charge >= 0.3 is 41.8 Å². The lowest BCUT2D eigenvalue weighted by atomic mass is 9.96. The predicted molar refractivity (Wildman–Crippen MR) is 164 cm³/mol. The summed E-state index contributed by atoms with van der Waals surface area (Å²) in [6.45, 7) is 4.79. The molecule has 51 heavy (non-hydrogen) atoms. The Labute approximate surface area is 294 Å². The molecule has 0 N–H and O–H groups in total. The van der Waals surface area contributed by atoms with E-state index < -0.39 is 123 Å². The molecule has 0 saturated carbocycles. The van der Waals surface area contributed by atoms with Crippen LogP contribution in [0, 0.1) is 0 Å². The van der Waals surface area contributed by atoms with E-state index in [0.29, 0.717) is 5.56 Å². The van der Waals surface area contributed by atoms with Gasteiger partial charge in [0.2, 0.25) is 6.29 Å². The zero-order valence-electron chi connectivity index (χ0n) is 30.0. The van der Waals surface area contributed by atoms with Crippen LogP contribution in [0.3, 0.4) is 0 Å². The molecule has 2 fully saturated rings. The molecule has 0 radical (unpaired) electrons. The summed E-state index contributed by atoms with van der Waals surface area (Å²) in [5, 5.41) is 0. The minimum atomic E-state index is -1.82. The minimum Gasteiger partial charge on any atom is -0.463 e. The number of ether oxygens (including phenoxy) is 11. The number of hydrogen-bond donors (Lipinski definition) is 0. The largest absolute Gasteiger partial charge is 0.463 e. The van der Waals surface area contributed by atoms with Crippen molar-refractivity contribution in [2.75, 3.05) is 13.2 Å². The van der Waals surface area contributed by atoms with Gasteiger partial charge in [-0.25, -0.2) is 0 Å². The standard InChI is InChI=1S/C33H42O18/c1-16(34)41-14-24-26(44-18(3)36)28(46-20(5)38)30(43-13-23-11-9-8-10-12-23)32(49-24)51-31-29(47-21(6)39)27(45-19(4)37)25(15-42-17(2)35)50-33(31)48-22(7)40/h8-12,24-33H,13-15H2,1-7H3/t24-,25+,26-,27-,28+,29+,30+,31+,32?,33+/m1/s1/i13D/t13?,24-,25+,26-,27-,28+,29+,30+,31+,32?,33+. The molecular weight excluding hydrogens is 684 g/mol. The van der Waals surface area contributed by atoms with Crippen molar-refractivity contribution in [1.29, 1.82) is 0 Å². The molecule has 11 atom stereocenters. The van der Waals surface area contributed by atoms with Crippen LogP contribution in [-0.4, -0.2) is 116 Å². The molecule has 2 aliphatic rings. The second-order valence-corrected chi connectivity index (χ2v) is 11.3. The number of benzene rings is 1. The molecule has 282 valence electrons. The van der Waals surface area contributed by atoms with Crippen LogP contribution in [0.2, 0.25) is 0 Å². The predicted octanol–water partition coefficient (Wildman–Crippen LogP) is 0.823. The molecule has 18 heteroatoms. The van der Waals surface area contributed by atoms with E-state index in [4.69, 9.17) is 53.5 Å². The topological polar surface area (TPSA) is 221 Å². The van der Waals surface area contributed by atoms with Gasteiger partial charge in [-0.15, -0.1) is 0 Å². The molecule has 0 aliphatic carbocycles. The lowest BCUT2D eigenvalue weighted by Gasteiger charge is -2.48. The molecule has 2 heterocycles. The van der Waals surface area contributed by atoms with Gasteiger partial charge in [0.15, 0.2) is 36.8 Å². The van der Waals surface area contributed by atoms with Gasteiger partial charge in [0.1, 0.15) is 31.5 Å². The fraction of sp³-hybridized carbons (Fsp3) is 0.606. The summed E-state index contributed by atoms with van der Waals surface area (Å²) in [7, 11) is 0. The van der Waals surface area contributed by atoms with Gasteiger partial charge in [-0.3, -0.25) is 33.6 Å². The highest BCUT2D eigenvalue weighted by Crippen LogP contribution is 2.36. The van der Waals surface area contributed by atoms with Gasteiger partial charge in [-0.2, -0.15) is 0 Å². The Hall–Kier alpha value is -4.65. The van der Waals surface area contributed by atoms with Gasteiger partial charge < -0.3 is 52.1 Å². The van der Waals surface area contributed by atoms with Gasteiger partial charge in [0.05, 0.1) is 7.95 Å². The molecule has 0 aromatic heterocycles. The Morgan fingerprint density at radius 3 is 1.37 bits per heavy atom. The molecule has 2 aliphatic heterocycles. The van der Waals surface area contributed by atoms with Crippen molar-refractivity contribution in [2.24, 2.45) is 0 Å². The van der Waals surface area contributed by atoms with E-state index in [2.05, 4.69) is 0 Å². The first kappa shape index (κ1) is 39.1. The second-order valence-electron chi connectivity index (χ2n) is 11.3. The lowest BCUT2D eigenvalue weighted by molar-refractivity contribution is -0.368. The third-order valence-electron chi connectivity index (χ3n) is 7.03. The van der Waals surface area contributed by atoms with Gasteiger partial charge in [-0.1, -0.05) is 30.3 Å². The van der Waals surface area contributed by atoms with E-state index in [1.165, 1.54) is 0 Å². The van der Waals surface area contributed by atoms with E-state index in [0.717, 1.165) is 48.5 Å². The van der Waals surface area contributed by atoms with Crippen LogP contribution in [0.1, 0.15) is 55.4 Å². The van der Waals surface area contributed by atoms with Crippen LogP contribution in [0.5, 0.6) is 0 Å². The van der Waals surface area contributed by atoms with Crippen LogP contribution in [0.25, 0.3) is 0 Å². The maximum absolute atomic E-state index is 12.5. The highest BCUT2D eigenvalue weighted by atomic mass is 16.8. The van der Waals surface area contributed by atoms with Gasteiger partial charge in [0, 0.05) is 48.5 Å². The van der Waals surface area contributed by atoms with Gasteiger partial charge in [0.25, 0.3) is 0 Å². The Kier molecular flexibility index (Phi) is 14.7. The SMILES string of the molecule is [2H]C(O[C@@H]1C(O[C@@H]2[C@@H](OC(C)=O)O[C@@H](COC(C)=O)[C@@H](OC(C)=O)[C@@H]2OC(C)=O)O[C@H](COC(C)=O)[C@@H](OC(C)=O)[C@@H]1OC(C)=O)c1ccccc1. The maximum Gasteiger partial charge on any atom is 0.305 e. The smallest absolute Gasteiger partial charge is 0.305 e. The highest BCUT2D eigenvalue weighted by molar-refractivity contribution is 5.69. The first-order valence-electron chi connectivity index (χ1n) is 16.3. The highest BCUT2D eigenvalue weighted by Gasteiger charge is 2.57. The average molecular weight is 728 g/mol. The van der Waals surface area contributed by atoms with Gasteiger partial charge in [-0.05, 0) is 5.56 Å². The quantitative estimate of drug-likeness (QED) is 0.191. The summed E-state index contributed by atoms with van der Waals surface area (Å²) in [6, 6.07) is 8.12. The van der Waals surface area contributed by atoms with Crippen LogP contribution in [0.4, 0.5) is 0 Å². The summed E-state index contributed by atoms with van der Waals surface area (Å²) in [5.74, 6) is -5.94. The third-order valence-corrected chi connectivity index (χ3v) is 7.03. The fourth-order valence-corrected chi connectivity index (χ4v) is 5.24. The van der Waals surface area contributed by atoms with Crippen molar-refractivity contribution in [3.8, 4) is 0 Å². The molecule has 3 rings (SSSR count). The van der Waals surface area contributed by atoms with Crippen molar-refractivity contribution in [2.45, 2.75) is 116 Å². The Morgan fingerprint density at radius 2 is 0.941 bits per heavy atom. The number of hydrogen-bond acceptors (Lipinski definition) is 18. The van der Waals surface area contributed by atoms with Crippen molar-refractivity contribution in [1.82, 2.24) is 0 Å². The molecule has 2 saturated heterocycles. The second kappa shape index (κ2) is 19.1. The molecule has 0 amide bonds. The van der Waals surface area contributed by atoms with E-state index in [1.807, 2.05) is 0 Å². The minimum absolute atomic E-state index is 0.328. The first-order valence-corrected chi connectivity index (χ1v) is 15.7. The van der Waals surface area contributed by atoms with Crippen LogP contribution in [0.15, 0.2) is 30.3 Å². The summed E-state index contributed by atoms with van der Waals surface area (Å²) < 4.78 is 70.9. The van der Waals surface area contributed by atoms with Crippen molar-refractivity contribution in [3.63, 3.8) is 0 Å². The molecule has 2 unspecified atom stereocenters. The number of rotatable bonds is 14. The number of carbonyl (C=O) groups is 7. The van der Waals surface area contributed by atoms with Crippen LogP contribution >= 0.6 is 0 Å². The molecule has 18 nitrogen and oxygen atoms in total. The van der Waals surface area contributed by atoms with E-state index in [-0.39, 0.29) is 0 Å². The summed E-state index contributed by atoms with van der Waals surface area (Å²) in [4.78, 5) is 85.4. The summed E-state index contributed by atoms with van der Waals surface area (Å²) in [6.07, 6.45) is -16.2. The molecule has 0 bridgehead atoms. The summed E-state index contributed by atoms with van der Waals surface area (Å²) in [5.41, 5.74) is 0.328. The average Bonchev–Trinajstić information content (AvgIpc) is 3.03. The third kappa shape index (κ3) is 12.6. The maximum atomic E-state index is 12.5. The van der Waals surface area contributed by atoms with Crippen molar-refractivity contribution in [3.05, 3.63) is 35.9 Å². The van der Waals surface area contributed by atoms with Crippen LogP contribution < -0.4 is 0 Å². The Balaban J connectivity index is 2.20. The van der Waals surface area contributed by atoms with Crippen molar-refractivity contribution >= 4 is 41.8 Å². The molecule has 0 spiro atoms. The number of esters is 7. The number of carbonyl (C=O) groups excluding carboxylic acids is 7. The van der Waals surface area contributed by atoms with E-state index >= 15 is 0 Å². The fourth-order valence-electron chi connectivity index (χ4n) is 5.24. The van der Waals surface area contributed by atoms with Crippen molar-refractivity contribution < 1.29 is 87.0 Å². The molecular formula is C33H42O18. The normalized spacial score (nSPS) is 29.6. The van der Waals surface area contributed by atoms with E-state index in [9.17, 15) is 33.6 Å². The Morgan fingerprint density at radius 1 is 0.529 bits per heavy atom. The molecule has 1 aromatic carbocycles. The monoisotopic (exact) mass is 727 g/mol. The Bertz CT molecular complexity index is 1440. The first-order chi connectivity index (χ1) is 24.5. The zero-order valence-corrected chi connectivity index (χ0v) is 29.0.